The molecule has 38 heavy (non-hydrogen) atoms. The fourth-order valence-corrected chi connectivity index (χ4v) is 6.15. The lowest BCUT2D eigenvalue weighted by Crippen LogP contribution is -2.45. The van der Waals surface area contributed by atoms with E-state index in [1.165, 1.54) is 13.3 Å². The first-order chi connectivity index (χ1) is 18.1. The van der Waals surface area contributed by atoms with Gasteiger partial charge in [0.1, 0.15) is 11.6 Å². The number of benzene rings is 2. The first kappa shape index (κ1) is 28.5. The van der Waals surface area contributed by atoms with Crippen LogP contribution in [0.2, 0.25) is 5.02 Å². The van der Waals surface area contributed by atoms with Gasteiger partial charge in [0.05, 0.1) is 29.2 Å². The average molecular weight is 569 g/mol. The topological polar surface area (TPSA) is 82.9 Å². The minimum absolute atomic E-state index is 0.0895. The van der Waals surface area contributed by atoms with E-state index >= 15 is 0 Å². The fourth-order valence-electron chi connectivity index (χ4n) is 4.89. The van der Waals surface area contributed by atoms with Crippen molar-refractivity contribution in [1.29, 1.82) is 0 Å². The van der Waals surface area contributed by atoms with E-state index in [9.17, 15) is 28.2 Å². The highest BCUT2D eigenvalue weighted by Gasteiger charge is 2.41. The van der Waals surface area contributed by atoms with Crippen LogP contribution in [0.15, 0.2) is 41.4 Å². The second-order valence-electron chi connectivity index (χ2n) is 9.43. The predicted octanol–water partition coefficient (Wildman–Crippen LogP) is 6.09. The monoisotopic (exact) mass is 568 g/mol. The van der Waals surface area contributed by atoms with Crippen molar-refractivity contribution < 1.29 is 32.9 Å². The van der Waals surface area contributed by atoms with Crippen molar-refractivity contribution in [2.45, 2.75) is 36.7 Å². The van der Waals surface area contributed by atoms with Crippen molar-refractivity contribution in [3.05, 3.63) is 64.6 Å². The van der Waals surface area contributed by atoms with Gasteiger partial charge in [-0.25, -0.2) is 13.2 Å². The van der Waals surface area contributed by atoms with Crippen LogP contribution in [0.4, 0.5) is 13.2 Å². The van der Waals surface area contributed by atoms with Gasteiger partial charge in [-0.3, -0.25) is 9.78 Å². The molecule has 0 amide bonds. The van der Waals surface area contributed by atoms with E-state index < -0.39 is 34.9 Å². The molecule has 1 atom stereocenters. The first-order valence-corrected chi connectivity index (χ1v) is 13.5. The molecule has 1 aliphatic rings. The number of ether oxygens (including phenoxy) is 1. The number of carboxylic acid groups (broad SMARTS) is 1. The van der Waals surface area contributed by atoms with Crippen molar-refractivity contribution in [2.24, 2.45) is 5.41 Å². The van der Waals surface area contributed by atoms with Gasteiger partial charge in [-0.15, -0.1) is 11.8 Å². The van der Waals surface area contributed by atoms with Gasteiger partial charge in [-0.05, 0) is 63.0 Å². The second-order valence-corrected chi connectivity index (χ2v) is 11.0. The van der Waals surface area contributed by atoms with E-state index in [1.807, 2.05) is 0 Å². The summed E-state index contributed by atoms with van der Waals surface area (Å²) in [5.41, 5.74) is 0.130. The molecule has 2 N–H and O–H groups in total. The summed E-state index contributed by atoms with van der Waals surface area (Å²) in [6, 6.07) is 6.76. The number of methoxy groups -OCH3 is 1. The molecule has 204 valence electrons. The normalized spacial score (nSPS) is 16.5. The summed E-state index contributed by atoms with van der Waals surface area (Å²) in [6.45, 7) is 1.51. The van der Waals surface area contributed by atoms with Gasteiger partial charge in [0.25, 0.3) is 0 Å². The molecule has 1 fully saturated rings. The zero-order valence-corrected chi connectivity index (χ0v) is 22.3. The van der Waals surface area contributed by atoms with Crippen LogP contribution < -0.4 is 4.74 Å². The molecule has 2 heterocycles. The Hall–Kier alpha value is -2.53. The lowest BCUT2D eigenvalue weighted by atomic mass is 9.74. The molecule has 0 spiro atoms. The summed E-state index contributed by atoms with van der Waals surface area (Å²) in [5.74, 6) is -3.05. The zero-order chi connectivity index (χ0) is 27.4. The number of aromatic nitrogens is 1. The van der Waals surface area contributed by atoms with Gasteiger partial charge in [0.15, 0.2) is 11.6 Å². The highest BCUT2D eigenvalue weighted by atomic mass is 35.5. The summed E-state index contributed by atoms with van der Waals surface area (Å²) in [6.07, 6.45) is 1.69. The molecule has 1 saturated heterocycles. The van der Waals surface area contributed by atoms with Gasteiger partial charge < -0.3 is 19.8 Å². The van der Waals surface area contributed by atoms with Crippen LogP contribution in [-0.4, -0.2) is 58.6 Å². The van der Waals surface area contributed by atoms with Crippen molar-refractivity contribution in [3.8, 4) is 5.75 Å². The maximum absolute atomic E-state index is 13.9. The number of aliphatic carboxylic acids is 1. The molecule has 0 saturated carbocycles. The van der Waals surface area contributed by atoms with E-state index in [0.717, 1.165) is 17.8 Å². The Bertz CT molecular complexity index is 1320. The Morgan fingerprint density at radius 2 is 1.97 bits per heavy atom. The van der Waals surface area contributed by atoms with Gasteiger partial charge in [-0.1, -0.05) is 11.6 Å². The number of aliphatic hydroxyl groups excluding tert-OH is 1. The Labute approximate surface area is 227 Å². The van der Waals surface area contributed by atoms with Crippen LogP contribution in [0.3, 0.4) is 0 Å². The number of rotatable bonds is 10. The number of piperidine rings is 1. The smallest absolute Gasteiger partial charge is 0.309 e. The summed E-state index contributed by atoms with van der Waals surface area (Å²) >= 11 is 7.42. The third-order valence-electron chi connectivity index (χ3n) is 7.19. The molecule has 0 bridgehead atoms. The molecule has 1 aromatic heterocycles. The van der Waals surface area contributed by atoms with Crippen LogP contribution in [0.1, 0.15) is 37.4 Å². The number of halogens is 4. The molecule has 1 aliphatic heterocycles. The van der Waals surface area contributed by atoms with Crippen molar-refractivity contribution in [3.63, 3.8) is 0 Å². The molecule has 11 heteroatoms. The van der Waals surface area contributed by atoms with Crippen molar-refractivity contribution in [2.75, 3.05) is 32.5 Å². The molecule has 4 rings (SSSR count). The first-order valence-electron chi connectivity index (χ1n) is 12.2. The van der Waals surface area contributed by atoms with Gasteiger partial charge >= 0.3 is 5.97 Å². The fraction of sp³-hybridized carbons (Fsp3) is 0.407. The zero-order valence-electron chi connectivity index (χ0n) is 20.7. The number of carboxylic acids is 1. The Morgan fingerprint density at radius 3 is 2.66 bits per heavy atom. The maximum Gasteiger partial charge on any atom is 0.309 e. The SMILES string of the molecule is COc1ccc2ncc(Cl)c([C@H](O)CCC3(C(=O)O)CCN(CCSc4cc(F)cc(F)c4F)CC3)c2c1. The Kier molecular flexibility index (Phi) is 9.07. The molecule has 2 aromatic carbocycles. The number of hydrogen-bond donors (Lipinski definition) is 2. The lowest BCUT2D eigenvalue weighted by Gasteiger charge is -2.39. The number of hydrogen-bond acceptors (Lipinski definition) is 6. The molecule has 0 unspecified atom stereocenters. The van der Waals surface area contributed by atoms with Crippen molar-refractivity contribution >= 4 is 40.2 Å². The number of carbonyl (C=O) groups is 1. The standard InChI is InChI=1S/C27H28ClF3N2O4S/c1-37-17-2-3-21-18(14-17)24(19(28)15-32-21)22(34)4-5-27(26(35)36)6-8-33(9-7-27)10-11-38-23-13-16(29)12-20(30)25(23)31/h2-3,12-15,22,34H,4-11H2,1H3,(H,35,36)/t22-/m1/s1. The maximum atomic E-state index is 13.9. The second kappa shape index (κ2) is 12.1. The number of likely N-dealkylation sites (tertiary alicyclic amines) is 1. The minimum Gasteiger partial charge on any atom is -0.497 e. The molecular weight excluding hydrogens is 541 g/mol. The number of nitrogens with zero attached hydrogens (tertiary/aromatic N) is 2. The van der Waals surface area contributed by atoms with Crippen LogP contribution in [0.25, 0.3) is 10.9 Å². The van der Waals surface area contributed by atoms with E-state index in [2.05, 4.69) is 9.88 Å². The summed E-state index contributed by atoms with van der Waals surface area (Å²) in [5, 5.41) is 22.1. The Morgan fingerprint density at radius 1 is 1.24 bits per heavy atom. The third kappa shape index (κ3) is 6.20. The third-order valence-corrected chi connectivity index (χ3v) is 8.49. The molecule has 3 aromatic rings. The summed E-state index contributed by atoms with van der Waals surface area (Å²) < 4.78 is 46.0. The number of aliphatic hydroxyl groups is 1. The van der Waals surface area contributed by atoms with Gasteiger partial charge in [-0.2, -0.15) is 0 Å². The minimum atomic E-state index is -1.22. The number of thioether (sulfide) groups is 1. The lowest BCUT2D eigenvalue weighted by molar-refractivity contribution is -0.153. The van der Waals surface area contributed by atoms with Gasteiger partial charge in [0.2, 0.25) is 0 Å². The number of pyridine rings is 1. The van der Waals surface area contributed by atoms with E-state index in [4.69, 9.17) is 16.3 Å². The quantitative estimate of drug-likeness (QED) is 0.226. The van der Waals surface area contributed by atoms with E-state index in [0.29, 0.717) is 71.5 Å². The van der Waals surface area contributed by atoms with Crippen molar-refractivity contribution in [1.82, 2.24) is 9.88 Å². The molecule has 0 radical (unpaired) electrons. The highest BCUT2D eigenvalue weighted by Crippen LogP contribution is 2.41. The van der Waals surface area contributed by atoms with Crippen LogP contribution in [-0.2, 0) is 4.79 Å². The molecule has 6 nitrogen and oxygen atoms in total. The highest BCUT2D eigenvalue weighted by molar-refractivity contribution is 7.99. The van der Waals surface area contributed by atoms with E-state index in [1.54, 1.807) is 18.2 Å². The van der Waals surface area contributed by atoms with Gasteiger partial charge in [0, 0.05) is 40.4 Å². The van der Waals surface area contributed by atoms with Crippen LogP contribution >= 0.6 is 23.4 Å². The molecular formula is C27H28ClF3N2O4S. The summed E-state index contributed by atoms with van der Waals surface area (Å²) in [4.78, 5) is 18.6. The van der Waals surface area contributed by atoms with Crippen LogP contribution in [0, 0.1) is 22.9 Å². The van der Waals surface area contributed by atoms with E-state index in [-0.39, 0.29) is 17.7 Å². The number of fused-ring (bicyclic) bond motifs is 1. The van der Waals surface area contributed by atoms with Crippen LogP contribution in [0.5, 0.6) is 5.75 Å². The predicted molar refractivity (Wildman–Crippen MR) is 140 cm³/mol. The Balaban J connectivity index is 1.37. The average Bonchev–Trinajstić information content (AvgIpc) is 2.90. The largest absolute Gasteiger partial charge is 0.497 e. The molecule has 0 aliphatic carbocycles. The summed E-state index contributed by atoms with van der Waals surface area (Å²) in [7, 11) is 1.54.